The number of pyridine rings is 2. The van der Waals surface area contributed by atoms with Crippen LogP contribution in [0.25, 0.3) is 11.0 Å². The maximum atomic E-state index is 14.0. The second-order valence-corrected chi connectivity index (χ2v) is 9.28. The van der Waals surface area contributed by atoms with Crippen molar-refractivity contribution in [1.29, 1.82) is 0 Å². The van der Waals surface area contributed by atoms with E-state index in [4.69, 9.17) is 5.21 Å². The number of nitrogens with zero attached hydrogens (tertiary/aromatic N) is 2. The predicted octanol–water partition coefficient (Wildman–Crippen LogP) is 3.37. The van der Waals surface area contributed by atoms with Gasteiger partial charge in [0.1, 0.15) is 5.67 Å². The molecule has 1 aromatic carbocycles. The van der Waals surface area contributed by atoms with Crippen molar-refractivity contribution in [3.05, 3.63) is 72.1 Å². The van der Waals surface area contributed by atoms with Crippen molar-refractivity contribution in [2.45, 2.75) is 57.3 Å². The Morgan fingerprint density at radius 3 is 2.54 bits per heavy atom. The molecule has 2 aromatic heterocycles. The lowest BCUT2D eigenvalue weighted by molar-refractivity contribution is -0.135. The molecule has 2 amide bonds. The molecule has 0 bridgehead atoms. The number of rotatable bonds is 11. The molecule has 3 rings (SSSR count). The van der Waals surface area contributed by atoms with Crippen LogP contribution in [0.15, 0.2) is 60.9 Å². The summed E-state index contributed by atoms with van der Waals surface area (Å²) >= 11 is 0. The highest BCUT2D eigenvalue weighted by Gasteiger charge is 2.30. The predicted molar refractivity (Wildman–Crippen MR) is 129 cm³/mol. The molecular formula is C26H31FN4O4. The van der Waals surface area contributed by atoms with Gasteiger partial charge in [0.15, 0.2) is 5.65 Å². The van der Waals surface area contributed by atoms with E-state index >= 15 is 0 Å². The molecule has 9 heteroatoms. The molecule has 0 saturated heterocycles. The molecule has 0 fully saturated rings. The van der Waals surface area contributed by atoms with E-state index < -0.39 is 35.5 Å². The lowest BCUT2D eigenvalue weighted by Gasteiger charge is -2.28. The minimum absolute atomic E-state index is 0.0693. The van der Waals surface area contributed by atoms with E-state index in [-0.39, 0.29) is 19.3 Å². The SMILES string of the molecule is CC(C)(F)CCC(CC(O)C(Cc1ccccc1)NC(=O)c1cnc2ncccc2c1)C(=O)NO. The molecule has 3 unspecified atom stereocenters. The van der Waals surface area contributed by atoms with E-state index in [2.05, 4.69) is 15.3 Å². The van der Waals surface area contributed by atoms with Gasteiger partial charge in [0.25, 0.3) is 5.91 Å². The molecule has 0 aliphatic heterocycles. The van der Waals surface area contributed by atoms with Crippen LogP contribution >= 0.6 is 0 Å². The lowest BCUT2D eigenvalue weighted by atomic mass is 9.88. The molecule has 3 aromatic rings. The number of amides is 2. The van der Waals surface area contributed by atoms with Crippen LogP contribution in [-0.2, 0) is 11.2 Å². The van der Waals surface area contributed by atoms with Crippen molar-refractivity contribution < 1.29 is 24.3 Å². The Morgan fingerprint density at radius 2 is 1.86 bits per heavy atom. The summed E-state index contributed by atoms with van der Waals surface area (Å²) in [6, 6.07) is 13.8. The number of nitrogens with one attached hydrogen (secondary N) is 2. The molecule has 0 spiro atoms. The summed E-state index contributed by atoms with van der Waals surface area (Å²) in [6.45, 7) is 2.81. The van der Waals surface area contributed by atoms with Crippen molar-refractivity contribution >= 4 is 22.8 Å². The Kier molecular flexibility index (Phi) is 8.84. The summed E-state index contributed by atoms with van der Waals surface area (Å²) in [4.78, 5) is 33.7. The molecule has 0 aliphatic carbocycles. The van der Waals surface area contributed by atoms with E-state index in [1.54, 1.807) is 29.9 Å². The fourth-order valence-corrected chi connectivity index (χ4v) is 3.91. The zero-order chi connectivity index (χ0) is 25.4. The van der Waals surface area contributed by atoms with Crippen molar-refractivity contribution in [2.75, 3.05) is 0 Å². The van der Waals surface area contributed by atoms with Crippen molar-refractivity contribution in [1.82, 2.24) is 20.8 Å². The summed E-state index contributed by atoms with van der Waals surface area (Å²) in [5.74, 6) is -1.98. The maximum absolute atomic E-state index is 14.0. The normalized spacial score (nSPS) is 14.2. The van der Waals surface area contributed by atoms with Crippen LogP contribution in [0.4, 0.5) is 4.39 Å². The van der Waals surface area contributed by atoms with Gasteiger partial charge in [-0.25, -0.2) is 19.8 Å². The highest BCUT2D eigenvalue weighted by molar-refractivity contribution is 5.97. The van der Waals surface area contributed by atoms with Crippen LogP contribution in [0.3, 0.4) is 0 Å². The standard InChI is InChI=1S/C26H31FN4O4/c1-26(2,27)11-10-19(25(34)31-35)15-22(32)21(13-17-7-4-3-5-8-17)30-24(33)20-14-18-9-6-12-28-23(18)29-16-20/h3-9,12,14,16,19,21-22,32,35H,10-11,13,15H2,1-2H3,(H,30,33)(H,31,34). The number of aliphatic hydroxyl groups excluding tert-OH is 1. The monoisotopic (exact) mass is 482 g/mol. The minimum Gasteiger partial charge on any atom is -0.391 e. The van der Waals surface area contributed by atoms with E-state index in [1.807, 2.05) is 30.3 Å². The first-order chi connectivity index (χ1) is 16.7. The Morgan fingerprint density at radius 1 is 1.11 bits per heavy atom. The second-order valence-electron chi connectivity index (χ2n) is 9.28. The van der Waals surface area contributed by atoms with Crippen molar-refractivity contribution in [3.63, 3.8) is 0 Å². The Bertz CT molecular complexity index is 1140. The number of aliphatic hydroxyl groups is 1. The van der Waals surface area contributed by atoms with Gasteiger partial charge in [-0.15, -0.1) is 0 Å². The van der Waals surface area contributed by atoms with E-state index in [0.717, 1.165) is 5.56 Å². The lowest BCUT2D eigenvalue weighted by Crippen LogP contribution is -2.46. The van der Waals surface area contributed by atoms with Gasteiger partial charge in [0.2, 0.25) is 5.91 Å². The van der Waals surface area contributed by atoms with Gasteiger partial charge in [-0.2, -0.15) is 0 Å². The van der Waals surface area contributed by atoms with Gasteiger partial charge < -0.3 is 10.4 Å². The summed E-state index contributed by atoms with van der Waals surface area (Å²) < 4.78 is 14.0. The van der Waals surface area contributed by atoms with Crippen LogP contribution in [0.5, 0.6) is 0 Å². The number of fused-ring (bicyclic) bond motifs is 1. The topological polar surface area (TPSA) is 124 Å². The van der Waals surface area contributed by atoms with E-state index in [0.29, 0.717) is 23.0 Å². The third-order valence-electron chi connectivity index (χ3n) is 5.89. The molecule has 8 nitrogen and oxygen atoms in total. The highest BCUT2D eigenvalue weighted by Crippen LogP contribution is 2.24. The number of hydroxylamine groups is 1. The number of halogens is 1. The van der Waals surface area contributed by atoms with Gasteiger partial charge in [-0.3, -0.25) is 14.8 Å². The smallest absolute Gasteiger partial charge is 0.253 e. The van der Waals surface area contributed by atoms with Gasteiger partial charge in [0, 0.05) is 23.7 Å². The van der Waals surface area contributed by atoms with Crippen LogP contribution < -0.4 is 10.8 Å². The zero-order valence-corrected chi connectivity index (χ0v) is 19.8. The molecule has 186 valence electrons. The van der Waals surface area contributed by atoms with Crippen LogP contribution in [0.2, 0.25) is 0 Å². The van der Waals surface area contributed by atoms with Gasteiger partial charge >= 0.3 is 0 Å². The first-order valence-electron chi connectivity index (χ1n) is 11.5. The van der Waals surface area contributed by atoms with Crippen molar-refractivity contribution in [3.8, 4) is 0 Å². The highest BCUT2D eigenvalue weighted by atomic mass is 19.1. The number of carbonyl (C=O) groups is 2. The van der Waals surface area contributed by atoms with Crippen molar-refractivity contribution in [2.24, 2.45) is 5.92 Å². The minimum atomic E-state index is -1.51. The Hall–Kier alpha value is -3.43. The first-order valence-corrected chi connectivity index (χ1v) is 11.5. The quantitative estimate of drug-likeness (QED) is 0.245. The number of benzene rings is 1. The third-order valence-corrected chi connectivity index (χ3v) is 5.89. The fraction of sp³-hybridized carbons (Fsp3) is 0.385. The Labute approximate surface area is 203 Å². The number of aromatic nitrogens is 2. The summed E-state index contributed by atoms with van der Waals surface area (Å²) in [7, 11) is 0. The van der Waals surface area contributed by atoms with Gasteiger partial charge in [0.05, 0.1) is 17.7 Å². The number of carbonyl (C=O) groups excluding carboxylic acids is 2. The molecule has 2 heterocycles. The fourth-order valence-electron chi connectivity index (χ4n) is 3.91. The molecule has 35 heavy (non-hydrogen) atoms. The molecule has 3 atom stereocenters. The number of hydrogen-bond donors (Lipinski definition) is 4. The third kappa shape index (κ3) is 7.80. The van der Waals surface area contributed by atoms with E-state index in [1.165, 1.54) is 20.0 Å². The molecular weight excluding hydrogens is 451 g/mol. The molecule has 4 N–H and O–H groups in total. The maximum Gasteiger partial charge on any atom is 0.253 e. The number of alkyl halides is 1. The second kappa shape index (κ2) is 11.8. The van der Waals surface area contributed by atoms with Gasteiger partial charge in [-0.1, -0.05) is 30.3 Å². The van der Waals surface area contributed by atoms with Crippen LogP contribution in [-0.4, -0.2) is 49.9 Å². The average Bonchev–Trinajstić information content (AvgIpc) is 2.85. The Balaban J connectivity index is 1.80. The van der Waals surface area contributed by atoms with Gasteiger partial charge in [-0.05, 0) is 63.3 Å². The molecule has 0 aliphatic rings. The largest absolute Gasteiger partial charge is 0.391 e. The number of hydrogen-bond acceptors (Lipinski definition) is 6. The van der Waals surface area contributed by atoms with Crippen LogP contribution in [0.1, 0.15) is 49.0 Å². The van der Waals surface area contributed by atoms with E-state index in [9.17, 15) is 19.1 Å². The first kappa shape index (κ1) is 26.2. The molecule has 0 saturated carbocycles. The summed E-state index contributed by atoms with van der Waals surface area (Å²) in [5.41, 5.74) is 1.80. The summed E-state index contributed by atoms with van der Waals surface area (Å²) in [6.07, 6.45) is 2.33. The molecule has 0 radical (unpaired) electrons. The zero-order valence-electron chi connectivity index (χ0n) is 19.8. The average molecular weight is 483 g/mol. The summed E-state index contributed by atoms with van der Waals surface area (Å²) in [5, 5.41) is 23.8. The van der Waals surface area contributed by atoms with Crippen LogP contribution in [0, 0.1) is 5.92 Å².